The van der Waals surface area contributed by atoms with Crippen molar-refractivity contribution in [1.82, 2.24) is 0 Å². The first-order chi connectivity index (χ1) is 12.6. The van der Waals surface area contributed by atoms with Gasteiger partial charge in [0.2, 0.25) is 0 Å². The minimum Gasteiger partial charge on any atom is -0.507 e. The fourth-order valence-electron chi connectivity index (χ4n) is 2.93. The van der Waals surface area contributed by atoms with Crippen molar-refractivity contribution >= 4 is 5.97 Å². The summed E-state index contributed by atoms with van der Waals surface area (Å²) in [5.41, 5.74) is 4.59. The number of allylic oxidation sites excluding steroid dienone is 6. The van der Waals surface area contributed by atoms with E-state index < -0.39 is 5.97 Å². The minimum atomic E-state index is -1.19. The zero-order valence-corrected chi connectivity index (χ0v) is 17.3. The lowest BCUT2D eigenvalue weighted by atomic mass is 9.91. The molecule has 0 unspecified atom stereocenters. The highest BCUT2D eigenvalue weighted by Gasteiger charge is 2.24. The maximum atomic E-state index is 11.7. The zero-order chi connectivity index (χ0) is 20.7. The molecule has 4 heteroatoms. The van der Waals surface area contributed by atoms with Crippen LogP contribution in [0.4, 0.5) is 0 Å². The van der Waals surface area contributed by atoms with Gasteiger partial charge in [-0.1, -0.05) is 34.9 Å². The largest absolute Gasteiger partial charge is 0.507 e. The molecular weight excluding hydrogens is 340 g/mol. The van der Waals surface area contributed by atoms with Crippen LogP contribution < -0.4 is 0 Å². The molecule has 0 heterocycles. The SMILES string of the molecule is CC(C)=CCC/C(C)=C/Cc1c(O)c(CC=C(C)C)c(C)c(C(=O)O)c1O. The quantitative estimate of drug-likeness (QED) is 0.500. The van der Waals surface area contributed by atoms with Gasteiger partial charge in [-0.25, -0.2) is 4.79 Å². The summed E-state index contributed by atoms with van der Waals surface area (Å²) >= 11 is 0. The van der Waals surface area contributed by atoms with Crippen LogP contribution in [0.1, 0.15) is 74.5 Å². The molecule has 0 aliphatic carbocycles. The maximum Gasteiger partial charge on any atom is 0.339 e. The number of phenolic OH excluding ortho intramolecular Hbond substituents is 1. The number of benzene rings is 1. The summed E-state index contributed by atoms with van der Waals surface area (Å²) in [6.45, 7) is 11.6. The Balaban J connectivity index is 3.31. The van der Waals surface area contributed by atoms with Gasteiger partial charge in [-0.05, 0) is 72.8 Å². The van der Waals surface area contributed by atoms with Gasteiger partial charge < -0.3 is 15.3 Å². The van der Waals surface area contributed by atoms with E-state index in [0.29, 0.717) is 24.0 Å². The Kier molecular flexibility index (Phi) is 8.35. The smallest absolute Gasteiger partial charge is 0.339 e. The van der Waals surface area contributed by atoms with Gasteiger partial charge in [-0.2, -0.15) is 0 Å². The second kappa shape index (κ2) is 10.0. The fraction of sp³-hybridized carbons (Fsp3) is 0.435. The highest BCUT2D eigenvalue weighted by molar-refractivity contribution is 5.94. The fourth-order valence-corrected chi connectivity index (χ4v) is 2.93. The monoisotopic (exact) mass is 372 g/mol. The van der Waals surface area contributed by atoms with Crippen molar-refractivity contribution in [3.05, 3.63) is 57.2 Å². The van der Waals surface area contributed by atoms with Crippen molar-refractivity contribution in [1.29, 1.82) is 0 Å². The van der Waals surface area contributed by atoms with Crippen molar-refractivity contribution in [2.24, 2.45) is 0 Å². The summed E-state index contributed by atoms with van der Waals surface area (Å²) in [5, 5.41) is 30.7. The number of rotatable bonds is 8. The standard InChI is InChI=1S/C23H32O4/c1-14(2)8-7-9-16(5)11-13-19-21(24)18(12-10-15(3)4)17(6)20(22(19)25)23(26)27/h8,10-11,24-25H,7,9,12-13H2,1-6H3,(H,26,27)/b16-11+. The molecule has 0 amide bonds. The van der Waals surface area contributed by atoms with Crippen LogP contribution in [0.3, 0.4) is 0 Å². The van der Waals surface area contributed by atoms with E-state index in [-0.39, 0.29) is 22.6 Å². The minimum absolute atomic E-state index is 0.0131. The average Bonchev–Trinajstić information content (AvgIpc) is 2.53. The summed E-state index contributed by atoms with van der Waals surface area (Å²) in [6.07, 6.45) is 8.59. The lowest BCUT2D eigenvalue weighted by molar-refractivity contribution is 0.0692. The molecular formula is C23H32O4. The lowest BCUT2D eigenvalue weighted by Gasteiger charge is -2.17. The normalized spacial score (nSPS) is 11.3. The summed E-state index contributed by atoms with van der Waals surface area (Å²) in [5.74, 6) is -1.54. The molecule has 4 nitrogen and oxygen atoms in total. The maximum absolute atomic E-state index is 11.7. The van der Waals surface area contributed by atoms with Gasteiger partial charge in [0.25, 0.3) is 0 Å². The molecule has 3 N–H and O–H groups in total. The number of hydrogen-bond donors (Lipinski definition) is 3. The van der Waals surface area contributed by atoms with E-state index in [1.54, 1.807) is 6.92 Å². The molecule has 0 fully saturated rings. The van der Waals surface area contributed by atoms with E-state index in [4.69, 9.17) is 0 Å². The third-order valence-electron chi connectivity index (χ3n) is 4.60. The summed E-state index contributed by atoms with van der Waals surface area (Å²) in [7, 11) is 0. The van der Waals surface area contributed by atoms with Gasteiger partial charge >= 0.3 is 5.97 Å². The van der Waals surface area contributed by atoms with Crippen LogP contribution in [-0.4, -0.2) is 21.3 Å². The molecule has 0 radical (unpaired) electrons. The Bertz CT molecular complexity index is 787. The molecule has 148 valence electrons. The van der Waals surface area contributed by atoms with E-state index in [1.807, 2.05) is 32.9 Å². The van der Waals surface area contributed by atoms with Gasteiger partial charge in [-0.3, -0.25) is 0 Å². The number of aromatic carboxylic acids is 1. The molecule has 1 aromatic carbocycles. The van der Waals surface area contributed by atoms with Crippen LogP contribution in [0.2, 0.25) is 0 Å². The molecule has 0 saturated heterocycles. The van der Waals surface area contributed by atoms with Crippen LogP contribution in [0.15, 0.2) is 34.9 Å². The highest BCUT2D eigenvalue weighted by atomic mass is 16.4. The first kappa shape index (κ1) is 22.6. The number of phenols is 2. The van der Waals surface area contributed by atoms with Crippen LogP contribution in [0.25, 0.3) is 0 Å². The van der Waals surface area contributed by atoms with E-state index in [9.17, 15) is 20.1 Å². The van der Waals surface area contributed by atoms with Gasteiger partial charge in [0, 0.05) is 11.1 Å². The summed E-state index contributed by atoms with van der Waals surface area (Å²) < 4.78 is 0. The van der Waals surface area contributed by atoms with E-state index in [2.05, 4.69) is 19.9 Å². The number of aromatic hydroxyl groups is 2. The van der Waals surface area contributed by atoms with Gasteiger partial charge in [0.05, 0.1) is 0 Å². The average molecular weight is 373 g/mol. The van der Waals surface area contributed by atoms with E-state index in [0.717, 1.165) is 24.0 Å². The summed E-state index contributed by atoms with van der Waals surface area (Å²) in [6, 6.07) is 0. The Morgan fingerprint density at radius 1 is 0.852 bits per heavy atom. The molecule has 0 saturated carbocycles. The molecule has 0 aliphatic heterocycles. The molecule has 0 atom stereocenters. The predicted molar refractivity (Wildman–Crippen MR) is 111 cm³/mol. The third-order valence-corrected chi connectivity index (χ3v) is 4.60. The van der Waals surface area contributed by atoms with E-state index in [1.165, 1.54) is 5.57 Å². The molecule has 1 aromatic rings. The lowest BCUT2D eigenvalue weighted by Crippen LogP contribution is -2.07. The second-order valence-electron chi connectivity index (χ2n) is 7.52. The number of carboxylic acids is 1. The third kappa shape index (κ3) is 6.31. The summed E-state index contributed by atoms with van der Waals surface area (Å²) in [4.78, 5) is 11.7. The Morgan fingerprint density at radius 2 is 1.41 bits per heavy atom. The van der Waals surface area contributed by atoms with Crippen LogP contribution in [0.5, 0.6) is 11.5 Å². The van der Waals surface area contributed by atoms with Gasteiger partial charge in [-0.15, -0.1) is 0 Å². The van der Waals surface area contributed by atoms with Crippen LogP contribution in [0, 0.1) is 6.92 Å². The molecule has 0 aromatic heterocycles. The van der Waals surface area contributed by atoms with Crippen molar-refractivity contribution < 1.29 is 20.1 Å². The zero-order valence-electron chi connectivity index (χ0n) is 17.3. The van der Waals surface area contributed by atoms with Crippen LogP contribution >= 0.6 is 0 Å². The Hall–Kier alpha value is -2.49. The van der Waals surface area contributed by atoms with E-state index >= 15 is 0 Å². The topological polar surface area (TPSA) is 77.8 Å². The Labute approximate surface area is 162 Å². The number of carboxylic acid groups (broad SMARTS) is 1. The van der Waals surface area contributed by atoms with Crippen molar-refractivity contribution in [3.63, 3.8) is 0 Å². The van der Waals surface area contributed by atoms with Crippen LogP contribution in [-0.2, 0) is 12.8 Å². The first-order valence-electron chi connectivity index (χ1n) is 9.28. The van der Waals surface area contributed by atoms with Crippen molar-refractivity contribution in [3.8, 4) is 11.5 Å². The van der Waals surface area contributed by atoms with Gasteiger partial charge in [0.1, 0.15) is 17.1 Å². The van der Waals surface area contributed by atoms with Crippen molar-refractivity contribution in [2.75, 3.05) is 0 Å². The second-order valence-corrected chi connectivity index (χ2v) is 7.52. The molecule has 27 heavy (non-hydrogen) atoms. The molecule has 0 aliphatic rings. The molecule has 1 rings (SSSR count). The Morgan fingerprint density at radius 3 is 1.93 bits per heavy atom. The molecule has 0 bridgehead atoms. The van der Waals surface area contributed by atoms with Gasteiger partial charge in [0.15, 0.2) is 0 Å². The van der Waals surface area contributed by atoms with Crippen molar-refractivity contribution in [2.45, 2.75) is 67.2 Å². The highest BCUT2D eigenvalue weighted by Crippen LogP contribution is 2.39. The molecule has 0 spiro atoms. The first-order valence-corrected chi connectivity index (χ1v) is 9.28. The number of carbonyl (C=O) groups is 1. The number of hydrogen-bond acceptors (Lipinski definition) is 3. The predicted octanol–water partition coefficient (Wildman–Crippen LogP) is 5.85.